The van der Waals surface area contributed by atoms with Crippen LogP contribution in [0.3, 0.4) is 0 Å². The van der Waals surface area contributed by atoms with Gasteiger partial charge in [-0.15, -0.1) is 5.10 Å². The molecule has 5 nitrogen and oxygen atoms in total. The molecular formula is C18H19N5. The SMILES string of the molecule is Cc1nnc(NCc2ccc3[nH]c(C)c(C)c3c2)c(C#N)c1C. The zero-order chi connectivity index (χ0) is 16.6. The second-order valence-corrected chi connectivity index (χ2v) is 5.85. The molecule has 0 aliphatic rings. The van der Waals surface area contributed by atoms with Gasteiger partial charge in [-0.25, -0.2) is 0 Å². The van der Waals surface area contributed by atoms with E-state index in [2.05, 4.69) is 58.6 Å². The Hall–Kier alpha value is -2.87. The summed E-state index contributed by atoms with van der Waals surface area (Å²) in [5.74, 6) is 0.540. The zero-order valence-corrected chi connectivity index (χ0v) is 13.8. The minimum atomic E-state index is 0.540. The monoisotopic (exact) mass is 305 g/mol. The summed E-state index contributed by atoms with van der Waals surface area (Å²) in [5, 5.41) is 22.0. The van der Waals surface area contributed by atoms with Gasteiger partial charge in [-0.2, -0.15) is 10.4 Å². The van der Waals surface area contributed by atoms with E-state index in [-0.39, 0.29) is 0 Å². The number of anilines is 1. The van der Waals surface area contributed by atoms with Gasteiger partial charge in [0.05, 0.1) is 5.69 Å². The summed E-state index contributed by atoms with van der Waals surface area (Å²) in [7, 11) is 0. The molecule has 0 bridgehead atoms. The number of benzene rings is 1. The molecule has 23 heavy (non-hydrogen) atoms. The molecule has 1 aromatic carbocycles. The lowest BCUT2D eigenvalue weighted by atomic mass is 10.1. The molecule has 0 spiro atoms. The number of nitrogens with zero attached hydrogens (tertiary/aromatic N) is 3. The molecule has 3 aromatic rings. The summed E-state index contributed by atoms with van der Waals surface area (Å²) in [6.45, 7) is 8.56. The zero-order valence-electron chi connectivity index (χ0n) is 13.8. The lowest BCUT2D eigenvalue weighted by Gasteiger charge is -2.09. The molecule has 0 fully saturated rings. The van der Waals surface area contributed by atoms with Crippen molar-refractivity contribution >= 4 is 16.7 Å². The topological polar surface area (TPSA) is 77.4 Å². The quantitative estimate of drug-likeness (QED) is 0.774. The van der Waals surface area contributed by atoms with Gasteiger partial charge in [0.2, 0.25) is 0 Å². The first-order chi connectivity index (χ1) is 11.0. The Morgan fingerprint density at radius 2 is 1.91 bits per heavy atom. The first-order valence-electron chi connectivity index (χ1n) is 7.57. The molecule has 5 heteroatoms. The maximum absolute atomic E-state index is 9.34. The highest BCUT2D eigenvalue weighted by molar-refractivity contribution is 5.85. The van der Waals surface area contributed by atoms with E-state index >= 15 is 0 Å². The number of aryl methyl sites for hydroxylation is 3. The van der Waals surface area contributed by atoms with Crippen LogP contribution in [0.25, 0.3) is 10.9 Å². The van der Waals surface area contributed by atoms with E-state index in [1.165, 1.54) is 16.6 Å². The number of aromatic amines is 1. The summed E-state index contributed by atoms with van der Waals surface area (Å²) in [6, 6.07) is 8.54. The van der Waals surface area contributed by atoms with Gasteiger partial charge < -0.3 is 10.3 Å². The predicted molar refractivity (Wildman–Crippen MR) is 91.3 cm³/mol. The Balaban J connectivity index is 1.88. The van der Waals surface area contributed by atoms with E-state index in [9.17, 15) is 5.26 Å². The van der Waals surface area contributed by atoms with E-state index in [0.717, 1.165) is 22.3 Å². The number of aromatic nitrogens is 3. The number of H-pyrrole nitrogens is 1. The summed E-state index contributed by atoms with van der Waals surface area (Å²) in [4.78, 5) is 3.37. The maximum atomic E-state index is 9.34. The normalized spacial score (nSPS) is 10.7. The molecule has 0 amide bonds. The van der Waals surface area contributed by atoms with Crippen LogP contribution in [0, 0.1) is 39.0 Å². The summed E-state index contributed by atoms with van der Waals surface area (Å²) in [5.41, 5.74) is 6.97. The van der Waals surface area contributed by atoms with Gasteiger partial charge in [0.1, 0.15) is 11.6 Å². The van der Waals surface area contributed by atoms with E-state index in [1.807, 2.05) is 13.8 Å². The summed E-state index contributed by atoms with van der Waals surface area (Å²) >= 11 is 0. The van der Waals surface area contributed by atoms with Crippen molar-refractivity contribution in [2.24, 2.45) is 0 Å². The molecule has 3 rings (SSSR count). The molecule has 116 valence electrons. The van der Waals surface area contributed by atoms with Gasteiger partial charge in [0.25, 0.3) is 0 Å². The van der Waals surface area contributed by atoms with E-state index in [1.54, 1.807) is 0 Å². The van der Waals surface area contributed by atoms with Crippen molar-refractivity contribution in [1.29, 1.82) is 5.26 Å². The van der Waals surface area contributed by atoms with E-state index in [0.29, 0.717) is 17.9 Å². The number of nitriles is 1. The smallest absolute Gasteiger partial charge is 0.167 e. The van der Waals surface area contributed by atoms with Crippen LogP contribution in [-0.2, 0) is 6.54 Å². The first-order valence-corrected chi connectivity index (χ1v) is 7.57. The van der Waals surface area contributed by atoms with Gasteiger partial charge in [0, 0.05) is 23.1 Å². The average Bonchev–Trinajstić information content (AvgIpc) is 2.83. The van der Waals surface area contributed by atoms with Gasteiger partial charge in [-0.3, -0.25) is 0 Å². The van der Waals surface area contributed by atoms with Gasteiger partial charge in [-0.1, -0.05) is 6.07 Å². The van der Waals surface area contributed by atoms with Crippen LogP contribution in [0.4, 0.5) is 5.82 Å². The van der Waals surface area contributed by atoms with E-state index in [4.69, 9.17) is 0 Å². The van der Waals surface area contributed by atoms with Crippen LogP contribution >= 0.6 is 0 Å². The Morgan fingerprint density at radius 1 is 1.13 bits per heavy atom. The summed E-state index contributed by atoms with van der Waals surface area (Å²) in [6.07, 6.45) is 0. The summed E-state index contributed by atoms with van der Waals surface area (Å²) < 4.78 is 0. The Labute approximate surface area is 135 Å². The van der Waals surface area contributed by atoms with Crippen molar-refractivity contribution in [2.45, 2.75) is 34.2 Å². The standard InChI is InChI=1S/C18H19N5/c1-10-12(3)21-17-6-5-14(7-15(10)17)9-20-18-16(8-19)11(2)13(4)22-23-18/h5-7,21H,9H2,1-4H3,(H,20,23). The lowest BCUT2D eigenvalue weighted by molar-refractivity contribution is 0.941. The highest BCUT2D eigenvalue weighted by Crippen LogP contribution is 2.23. The number of fused-ring (bicyclic) bond motifs is 1. The Bertz CT molecular complexity index is 931. The minimum Gasteiger partial charge on any atom is -0.363 e. The third-order valence-corrected chi connectivity index (χ3v) is 4.40. The van der Waals surface area contributed by atoms with Crippen LogP contribution in [-0.4, -0.2) is 15.2 Å². The predicted octanol–water partition coefficient (Wildman–Crippen LogP) is 3.68. The van der Waals surface area contributed by atoms with Crippen molar-refractivity contribution in [3.8, 4) is 6.07 Å². The van der Waals surface area contributed by atoms with Gasteiger partial charge in [0.15, 0.2) is 5.82 Å². The molecule has 0 atom stereocenters. The van der Waals surface area contributed by atoms with Crippen LogP contribution < -0.4 is 5.32 Å². The minimum absolute atomic E-state index is 0.540. The number of hydrogen-bond acceptors (Lipinski definition) is 4. The fraction of sp³-hybridized carbons (Fsp3) is 0.278. The first kappa shape index (κ1) is 15.0. The number of hydrogen-bond donors (Lipinski definition) is 2. The molecule has 2 heterocycles. The van der Waals surface area contributed by atoms with Crippen LogP contribution in [0.1, 0.15) is 33.6 Å². The van der Waals surface area contributed by atoms with Crippen LogP contribution in [0.15, 0.2) is 18.2 Å². The molecule has 0 aliphatic heterocycles. The Kier molecular flexibility index (Phi) is 3.75. The van der Waals surface area contributed by atoms with Crippen molar-refractivity contribution in [3.05, 3.63) is 51.8 Å². The molecular weight excluding hydrogens is 286 g/mol. The van der Waals surface area contributed by atoms with Crippen molar-refractivity contribution in [2.75, 3.05) is 5.32 Å². The molecule has 2 N–H and O–H groups in total. The average molecular weight is 305 g/mol. The van der Waals surface area contributed by atoms with Crippen LogP contribution in [0.2, 0.25) is 0 Å². The molecule has 2 aromatic heterocycles. The number of nitrogens with one attached hydrogen (secondary N) is 2. The molecule has 0 aliphatic carbocycles. The molecule has 0 saturated carbocycles. The van der Waals surface area contributed by atoms with Crippen LogP contribution in [0.5, 0.6) is 0 Å². The number of rotatable bonds is 3. The molecule has 0 radical (unpaired) electrons. The third kappa shape index (κ3) is 2.64. The van der Waals surface area contributed by atoms with Crippen molar-refractivity contribution in [1.82, 2.24) is 15.2 Å². The van der Waals surface area contributed by atoms with Crippen molar-refractivity contribution in [3.63, 3.8) is 0 Å². The second kappa shape index (κ2) is 5.73. The fourth-order valence-corrected chi connectivity index (χ4v) is 2.67. The maximum Gasteiger partial charge on any atom is 0.167 e. The Morgan fingerprint density at radius 3 is 2.65 bits per heavy atom. The van der Waals surface area contributed by atoms with E-state index < -0.39 is 0 Å². The lowest BCUT2D eigenvalue weighted by Crippen LogP contribution is -2.07. The fourth-order valence-electron chi connectivity index (χ4n) is 2.67. The van der Waals surface area contributed by atoms with Crippen molar-refractivity contribution < 1.29 is 0 Å². The van der Waals surface area contributed by atoms with Gasteiger partial charge in [-0.05, 0) is 56.5 Å². The second-order valence-electron chi connectivity index (χ2n) is 5.85. The molecule has 0 saturated heterocycles. The van der Waals surface area contributed by atoms with Gasteiger partial charge >= 0.3 is 0 Å². The highest BCUT2D eigenvalue weighted by Gasteiger charge is 2.11. The molecule has 0 unspecified atom stereocenters. The third-order valence-electron chi connectivity index (χ3n) is 4.40. The highest BCUT2D eigenvalue weighted by atomic mass is 15.2. The largest absolute Gasteiger partial charge is 0.363 e.